The van der Waals surface area contributed by atoms with Crippen molar-refractivity contribution in [3.8, 4) is 0 Å². The summed E-state index contributed by atoms with van der Waals surface area (Å²) in [6, 6.07) is 8.86. The number of rotatable bonds is 4. The Morgan fingerprint density at radius 3 is 2.30 bits per heavy atom. The van der Waals surface area contributed by atoms with Gasteiger partial charge in [-0.1, -0.05) is 41.4 Å². The standard InChI is InChI=1S/C33H38Cl2FN3O5/c1-29(44)7-15-32(16-8-29)33(20-6-5-18(34)17-22(20)37-27(33)41)23(19-3-2-4-21(35)24(19)36)25(38-32)26(40)39-31-12-9-30(10-13-31,11-14-31)28(42)43/h2-6,17,23,25,28,38,42-44H,7-16H2,1H3,(H,37,41)(H,39,40)/t23-,25+,29?,30?,31?,32?,33+/m0/s1. The normalized spacial score (nSPS) is 39.2. The predicted molar refractivity (Wildman–Crippen MR) is 164 cm³/mol. The van der Waals surface area contributed by atoms with Gasteiger partial charge in [0.15, 0.2) is 6.29 Å². The van der Waals surface area contributed by atoms with Crippen molar-refractivity contribution in [3.05, 3.63) is 63.4 Å². The van der Waals surface area contributed by atoms with E-state index < -0.39 is 51.6 Å². The highest BCUT2D eigenvalue weighted by atomic mass is 35.5. The van der Waals surface area contributed by atoms with Gasteiger partial charge in [-0.05, 0) is 100 Å². The number of carbonyl (C=O) groups is 2. The molecular weight excluding hydrogens is 608 g/mol. The first-order valence-corrected chi connectivity index (χ1v) is 16.3. The summed E-state index contributed by atoms with van der Waals surface area (Å²) in [5.41, 5.74) is -3.11. The summed E-state index contributed by atoms with van der Waals surface area (Å²) in [6.45, 7) is 1.77. The molecule has 8 rings (SSSR count). The number of aliphatic hydroxyl groups is 3. The van der Waals surface area contributed by atoms with Crippen molar-refractivity contribution in [3.63, 3.8) is 0 Å². The van der Waals surface area contributed by atoms with Gasteiger partial charge < -0.3 is 26.0 Å². The first-order valence-electron chi connectivity index (χ1n) is 15.5. The van der Waals surface area contributed by atoms with E-state index in [4.69, 9.17) is 23.2 Å². The lowest BCUT2D eigenvalue weighted by Gasteiger charge is -2.54. The molecule has 11 heteroatoms. The van der Waals surface area contributed by atoms with E-state index >= 15 is 4.39 Å². The van der Waals surface area contributed by atoms with E-state index in [9.17, 15) is 24.9 Å². The van der Waals surface area contributed by atoms with Gasteiger partial charge in [-0.15, -0.1) is 0 Å². The number of carbonyl (C=O) groups excluding carboxylic acids is 2. The molecule has 236 valence electrons. The molecule has 2 heterocycles. The van der Waals surface area contributed by atoms with Crippen LogP contribution in [0.25, 0.3) is 0 Å². The fourth-order valence-corrected chi connectivity index (χ4v) is 9.76. The third kappa shape index (κ3) is 4.23. The Bertz CT molecular complexity index is 1510. The lowest BCUT2D eigenvalue weighted by molar-refractivity contribution is -0.178. The molecule has 0 radical (unpaired) electrons. The van der Waals surface area contributed by atoms with Gasteiger partial charge >= 0.3 is 0 Å². The summed E-state index contributed by atoms with van der Waals surface area (Å²) >= 11 is 12.7. The molecule has 6 N–H and O–H groups in total. The fourth-order valence-electron chi connectivity index (χ4n) is 9.41. The Hall–Kier alpha value is -2.27. The summed E-state index contributed by atoms with van der Waals surface area (Å²) in [4.78, 5) is 29.2. The molecule has 4 saturated carbocycles. The first-order chi connectivity index (χ1) is 20.8. The van der Waals surface area contributed by atoms with Crippen LogP contribution in [0.2, 0.25) is 10.0 Å². The monoisotopic (exact) mass is 645 g/mol. The Morgan fingerprint density at radius 1 is 1.00 bits per heavy atom. The zero-order valence-corrected chi connectivity index (χ0v) is 26.1. The molecule has 8 nitrogen and oxygen atoms in total. The molecule has 0 unspecified atom stereocenters. The quantitative estimate of drug-likeness (QED) is 0.268. The largest absolute Gasteiger partial charge is 0.390 e. The molecule has 2 spiro atoms. The van der Waals surface area contributed by atoms with E-state index in [-0.39, 0.29) is 22.4 Å². The second-order valence-electron chi connectivity index (χ2n) is 14.3. The number of halogens is 3. The van der Waals surface area contributed by atoms with E-state index in [1.54, 1.807) is 37.3 Å². The fraction of sp³-hybridized carbons (Fsp3) is 0.576. The third-order valence-electron chi connectivity index (χ3n) is 12.0. The minimum absolute atomic E-state index is 0.101. The average Bonchev–Trinajstić information content (AvgIpc) is 3.45. The summed E-state index contributed by atoms with van der Waals surface area (Å²) in [5.74, 6) is -2.34. The predicted octanol–water partition coefficient (Wildman–Crippen LogP) is 4.66. The third-order valence-corrected chi connectivity index (χ3v) is 12.5. The van der Waals surface area contributed by atoms with Crippen LogP contribution in [0, 0.1) is 11.2 Å². The summed E-state index contributed by atoms with van der Waals surface area (Å²) in [5, 5.41) is 41.4. The number of anilines is 1. The first kappa shape index (κ1) is 30.4. The maximum Gasteiger partial charge on any atom is 0.238 e. The van der Waals surface area contributed by atoms with Gasteiger partial charge in [0.1, 0.15) is 11.2 Å². The Labute approximate surface area is 265 Å². The zero-order valence-electron chi connectivity index (χ0n) is 24.6. The molecule has 1 saturated heterocycles. The van der Waals surface area contributed by atoms with Crippen molar-refractivity contribution in [2.45, 2.75) is 111 Å². The highest BCUT2D eigenvalue weighted by Crippen LogP contribution is 2.63. The van der Waals surface area contributed by atoms with Gasteiger partial charge in [0, 0.05) is 33.1 Å². The van der Waals surface area contributed by atoms with E-state index in [1.807, 2.05) is 0 Å². The van der Waals surface area contributed by atoms with Crippen LogP contribution in [0.15, 0.2) is 36.4 Å². The number of nitrogens with one attached hydrogen (secondary N) is 3. The number of amides is 2. The van der Waals surface area contributed by atoms with Crippen molar-refractivity contribution in [2.24, 2.45) is 5.41 Å². The maximum absolute atomic E-state index is 16.2. The summed E-state index contributed by atoms with van der Waals surface area (Å²) in [6.07, 6.45) is 3.64. The molecule has 4 aliphatic carbocycles. The van der Waals surface area contributed by atoms with Crippen LogP contribution in [0.5, 0.6) is 0 Å². The molecule has 6 aliphatic rings. The van der Waals surface area contributed by atoms with E-state index in [0.29, 0.717) is 80.5 Å². The van der Waals surface area contributed by atoms with Crippen LogP contribution in [0.3, 0.4) is 0 Å². The molecule has 2 aromatic rings. The number of fused-ring (bicyclic) bond motifs is 6. The zero-order chi connectivity index (χ0) is 31.3. The van der Waals surface area contributed by atoms with Crippen molar-refractivity contribution in [2.75, 3.05) is 5.32 Å². The molecule has 2 bridgehead atoms. The highest BCUT2D eigenvalue weighted by Gasteiger charge is 2.73. The average molecular weight is 647 g/mol. The van der Waals surface area contributed by atoms with Crippen LogP contribution in [0.1, 0.15) is 88.2 Å². The molecule has 44 heavy (non-hydrogen) atoms. The highest BCUT2D eigenvalue weighted by molar-refractivity contribution is 6.31. The second kappa shape index (κ2) is 10.1. The van der Waals surface area contributed by atoms with Crippen LogP contribution in [-0.2, 0) is 15.0 Å². The van der Waals surface area contributed by atoms with Crippen molar-refractivity contribution >= 4 is 40.7 Å². The molecule has 5 fully saturated rings. The SMILES string of the molecule is CC1(O)CCC2(CC1)N[C@@H](C(=O)NC13CCC(C(O)O)(CC1)CC3)[C@H](c1cccc(Cl)c1F)[C@]21C(=O)Nc2cc(Cl)ccc21. The summed E-state index contributed by atoms with van der Waals surface area (Å²) in [7, 11) is 0. The Balaban J connectivity index is 1.37. The van der Waals surface area contributed by atoms with E-state index in [0.717, 1.165) is 0 Å². The van der Waals surface area contributed by atoms with Crippen LogP contribution >= 0.6 is 23.2 Å². The van der Waals surface area contributed by atoms with Gasteiger partial charge in [0.25, 0.3) is 0 Å². The smallest absolute Gasteiger partial charge is 0.238 e. The van der Waals surface area contributed by atoms with Gasteiger partial charge in [-0.25, -0.2) is 4.39 Å². The van der Waals surface area contributed by atoms with Crippen molar-refractivity contribution in [1.29, 1.82) is 0 Å². The maximum atomic E-state index is 16.2. The molecule has 2 aromatic carbocycles. The van der Waals surface area contributed by atoms with Crippen molar-refractivity contribution in [1.82, 2.24) is 10.6 Å². The molecule has 2 amide bonds. The topological polar surface area (TPSA) is 131 Å². The lowest BCUT2D eigenvalue weighted by atomic mass is 9.54. The second-order valence-corrected chi connectivity index (χ2v) is 15.1. The Morgan fingerprint density at radius 2 is 1.66 bits per heavy atom. The van der Waals surface area contributed by atoms with Gasteiger partial charge in [-0.2, -0.15) is 0 Å². The minimum atomic E-state index is -1.41. The van der Waals surface area contributed by atoms with E-state index in [1.165, 1.54) is 6.07 Å². The number of aliphatic hydroxyl groups excluding tert-OH is 1. The number of benzene rings is 2. The van der Waals surface area contributed by atoms with Crippen LogP contribution < -0.4 is 16.0 Å². The minimum Gasteiger partial charge on any atom is -0.390 e. The van der Waals surface area contributed by atoms with Crippen LogP contribution in [-0.4, -0.2) is 56.1 Å². The van der Waals surface area contributed by atoms with Crippen LogP contribution in [0.4, 0.5) is 10.1 Å². The lowest BCUT2D eigenvalue weighted by Crippen LogP contribution is -2.63. The molecule has 3 atom stereocenters. The molecule has 0 aromatic heterocycles. The van der Waals surface area contributed by atoms with E-state index in [2.05, 4.69) is 16.0 Å². The van der Waals surface area contributed by atoms with Gasteiger partial charge in [0.05, 0.1) is 16.7 Å². The number of hydrogen-bond donors (Lipinski definition) is 6. The Kier molecular flexibility index (Phi) is 6.98. The number of hydrogen-bond acceptors (Lipinski definition) is 6. The summed E-state index contributed by atoms with van der Waals surface area (Å²) < 4.78 is 16.2. The van der Waals surface area contributed by atoms with Gasteiger partial charge in [0.2, 0.25) is 11.8 Å². The molecular formula is C33H38Cl2FN3O5. The van der Waals surface area contributed by atoms with Crippen molar-refractivity contribution < 1.29 is 29.3 Å². The molecule has 2 aliphatic heterocycles. The van der Waals surface area contributed by atoms with Gasteiger partial charge in [-0.3, -0.25) is 14.9 Å².